The van der Waals surface area contributed by atoms with E-state index in [1.54, 1.807) is 0 Å². The van der Waals surface area contributed by atoms with Crippen LogP contribution in [0.4, 0.5) is 8.78 Å². The zero-order valence-corrected chi connectivity index (χ0v) is 10.8. The molecule has 0 aromatic rings. The molecule has 2 rings (SSSR count). The second-order valence-electron chi connectivity index (χ2n) is 5.21. The van der Waals surface area contributed by atoms with Crippen molar-refractivity contribution in [2.24, 2.45) is 0 Å². The maximum Gasteiger partial charge on any atom is 0.238 e. The maximum absolute atomic E-state index is 12.2. The molecule has 5 heteroatoms. The average Bonchev–Trinajstić information content (AvgIpc) is 2.58. The minimum absolute atomic E-state index is 0.00917. The molecule has 0 radical (unpaired) electrons. The molecule has 0 aliphatic carbocycles. The highest BCUT2D eigenvalue weighted by Crippen LogP contribution is 2.33. The number of ether oxygens (including phenoxy) is 2. The first kappa shape index (κ1) is 14.2. The quantitative estimate of drug-likeness (QED) is 0.844. The molecule has 2 aliphatic rings. The van der Waals surface area contributed by atoms with Gasteiger partial charge in [-0.15, -0.1) is 0 Å². The van der Waals surface area contributed by atoms with Crippen molar-refractivity contribution in [2.45, 2.75) is 56.6 Å². The van der Waals surface area contributed by atoms with E-state index in [0.29, 0.717) is 19.6 Å². The van der Waals surface area contributed by atoms with Gasteiger partial charge >= 0.3 is 0 Å². The molecule has 2 saturated heterocycles. The first-order valence-corrected chi connectivity index (χ1v) is 6.96. The molecule has 0 bridgehead atoms. The third kappa shape index (κ3) is 3.62. The van der Waals surface area contributed by atoms with Gasteiger partial charge in [0.1, 0.15) is 0 Å². The first-order chi connectivity index (χ1) is 8.73. The van der Waals surface area contributed by atoms with Gasteiger partial charge in [0.15, 0.2) is 0 Å². The molecule has 0 amide bonds. The SMILES string of the molecule is FC(F)CCCC1NCCOC12CCCOCC2. The molecule has 106 valence electrons. The van der Waals surface area contributed by atoms with E-state index in [2.05, 4.69) is 5.32 Å². The van der Waals surface area contributed by atoms with E-state index in [0.717, 1.165) is 38.8 Å². The van der Waals surface area contributed by atoms with Crippen molar-refractivity contribution < 1.29 is 18.3 Å². The molecule has 1 spiro atoms. The van der Waals surface area contributed by atoms with Gasteiger partial charge < -0.3 is 14.8 Å². The second kappa shape index (κ2) is 6.78. The van der Waals surface area contributed by atoms with Gasteiger partial charge in [-0.05, 0) is 25.7 Å². The average molecular weight is 263 g/mol. The lowest BCUT2D eigenvalue weighted by molar-refractivity contribution is -0.109. The number of hydrogen-bond donors (Lipinski definition) is 1. The lowest BCUT2D eigenvalue weighted by atomic mass is 9.82. The van der Waals surface area contributed by atoms with Gasteiger partial charge in [0.05, 0.1) is 12.2 Å². The Morgan fingerprint density at radius 1 is 1.22 bits per heavy atom. The van der Waals surface area contributed by atoms with E-state index < -0.39 is 6.43 Å². The predicted molar refractivity (Wildman–Crippen MR) is 65.0 cm³/mol. The van der Waals surface area contributed by atoms with Crippen LogP contribution in [0, 0.1) is 0 Å². The number of rotatable bonds is 4. The Balaban J connectivity index is 1.91. The van der Waals surface area contributed by atoms with E-state index in [1.165, 1.54) is 0 Å². The molecule has 2 aliphatic heterocycles. The van der Waals surface area contributed by atoms with E-state index in [4.69, 9.17) is 9.47 Å². The van der Waals surface area contributed by atoms with Crippen LogP contribution in [-0.4, -0.2) is 44.4 Å². The third-order valence-electron chi connectivity index (χ3n) is 3.99. The van der Waals surface area contributed by atoms with Crippen molar-refractivity contribution in [3.8, 4) is 0 Å². The predicted octanol–water partition coefficient (Wildman–Crippen LogP) is 2.35. The fourth-order valence-electron chi connectivity index (χ4n) is 3.05. The summed E-state index contributed by atoms with van der Waals surface area (Å²) in [6, 6.07) is 0.201. The highest BCUT2D eigenvalue weighted by molar-refractivity contribution is 4.96. The summed E-state index contributed by atoms with van der Waals surface area (Å²) < 4.78 is 35.9. The molecule has 3 nitrogen and oxygen atoms in total. The van der Waals surface area contributed by atoms with Crippen LogP contribution in [-0.2, 0) is 9.47 Å². The smallest absolute Gasteiger partial charge is 0.238 e. The van der Waals surface area contributed by atoms with E-state index in [-0.39, 0.29) is 18.1 Å². The summed E-state index contributed by atoms with van der Waals surface area (Å²) >= 11 is 0. The van der Waals surface area contributed by atoms with Gasteiger partial charge in [0.2, 0.25) is 6.43 Å². The monoisotopic (exact) mass is 263 g/mol. The molecule has 2 fully saturated rings. The molecule has 0 aromatic carbocycles. The van der Waals surface area contributed by atoms with Crippen LogP contribution in [0.5, 0.6) is 0 Å². The molecule has 1 N–H and O–H groups in total. The van der Waals surface area contributed by atoms with Crippen molar-refractivity contribution in [2.75, 3.05) is 26.4 Å². The minimum Gasteiger partial charge on any atom is -0.381 e. The van der Waals surface area contributed by atoms with Crippen molar-refractivity contribution in [1.29, 1.82) is 0 Å². The highest BCUT2D eigenvalue weighted by atomic mass is 19.3. The molecule has 2 atom stereocenters. The Kier molecular flexibility index (Phi) is 5.33. The van der Waals surface area contributed by atoms with E-state index in [9.17, 15) is 8.78 Å². The van der Waals surface area contributed by atoms with Crippen LogP contribution in [0.25, 0.3) is 0 Å². The Hall–Kier alpha value is -0.260. The molecule has 0 aromatic heterocycles. The molecule has 18 heavy (non-hydrogen) atoms. The first-order valence-electron chi connectivity index (χ1n) is 6.96. The van der Waals surface area contributed by atoms with Crippen LogP contribution in [0.3, 0.4) is 0 Å². The highest BCUT2D eigenvalue weighted by Gasteiger charge is 2.41. The van der Waals surface area contributed by atoms with Crippen molar-refractivity contribution >= 4 is 0 Å². The second-order valence-corrected chi connectivity index (χ2v) is 5.21. The standard InChI is InChI=1S/C13H23F2NO2/c14-12(15)4-1-3-11-13(18-10-7-16-11)5-2-8-17-9-6-13/h11-12,16H,1-10H2. The number of hydrogen-bond acceptors (Lipinski definition) is 3. The molecular weight excluding hydrogens is 240 g/mol. The Bertz CT molecular complexity index is 243. The number of halogens is 2. The summed E-state index contributed by atoms with van der Waals surface area (Å²) in [5.41, 5.74) is -0.184. The topological polar surface area (TPSA) is 30.5 Å². The Labute approximate surface area is 107 Å². The van der Waals surface area contributed by atoms with Gasteiger partial charge in [-0.1, -0.05) is 0 Å². The summed E-state index contributed by atoms with van der Waals surface area (Å²) in [4.78, 5) is 0. The van der Waals surface area contributed by atoms with Crippen LogP contribution < -0.4 is 5.32 Å². The number of morpholine rings is 1. The fourth-order valence-corrected chi connectivity index (χ4v) is 3.05. The number of alkyl halides is 2. The van der Waals surface area contributed by atoms with Crippen LogP contribution >= 0.6 is 0 Å². The summed E-state index contributed by atoms with van der Waals surface area (Å²) in [6.45, 7) is 3.04. The lowest BCUT2D eigenvalue weighted by Crippen LogP contribution is -2.58. The maximum atomic E-state index is 12.2. The molecule has 0 saturated carbocycles. The van der Waals surface area contributed by atoms with Crippen molar-refractivity contribution in [3.05, 3.63) is 0 Å². The summed E-state index contributed by atoms with van der Waals surface area (Å²) in [6.07, 6.45) is 1.96. The van der Waals surface area contributed by atoms with E-state index >= 15 is 0 Å². The fraction of sp³-hybridized carbons (Fsp3) is 1.00. The summed E-state index contributed by atoms with van der Waals surface area (Å²) in [5.74, 6) is 0. The summed E-state index contributed by atoms with van der Waals surface area (Å²) in [5, 5.41) is 3.46. The van der Waals surface area contributed by atoms with Gasteiger partial charge in [-0.2, -0.15) is 0 Å². The zero-order chi connectivity index (χ0) is 12.8. The molecule has 2 unspecified atom stereocenters. The molecule has 2 heterocycles. The zero-order valence-electron chi connectivity index (χ0n) is 10.8. The van der Waals surface area contributed by atoms with Crippen LogP contribution in [0.15, 0.2) is 0 Å². The minimum atomic E-state index is -2.19. The normalized spacial score (nSPS) is 33.8. The van der Waals surface area contributed by atoms with Crippen LogP contribution in [0.2, 0.25) is 0 Å². The lowest BCUT2D eigenvalue weighted by Gasteiger charge is -2.44. The van der Waals surface area contributed by atoms with Crippen molar-refractivity contribution in [1.82, 2.24) is 5.32 Å². The number of nitrogens with one attached hydrogen (secondary N) is 1. The van der Waals surface area contributed by atoms with Crippen LogP contribution in [0.1, 0.15) is 38.5 Å². The van der Waals surface area contributed by atoms with Gasteiger partial charge in [0, 0.05) is 38.6 Å². The van der Waals surface area contributed by atoms with Gasteiger partial charge in [-0.3, -0.25) is 0 Å². The summed E-state index contributed by atoms with van der Waals surface area (Å²) in [7, 11) is 0. The molecular formula is C13H23F2NO2. The largest absolute Gasteiger partial charge is 0.381 e. The van der Waals surface area contributed by atoms with Gasteiger partial charge in [0.25, 0.3) is 0 Å². The van der Waals surface area contributed by atoms with E-state index in [1.807, 2.05) is 0 Å². The third-order valence-corrected chi connectivity index (χ3v) is 3.99. The Morgan fingerprint density at radius 3 is 2.94 bits per heavy atom. The Morgan fingerprint density at radius 2 is 2.11 bits per heavy atom. The van der Waals surface area contributed by atoms with Gasteiger partial charge in [-0.25, -0.2) is 8.78 Å². The van der Waals surface area contributed by atoms with Crippen molar-refractivity contribution in [3.63, 3.8) is 0 Å².